The van der Waals surface area contributed by atoms with Crippen LogP contribution in [0.5, 0.6) is 5.75 Å². The standard InChI is InChI=1S/C22H33N5O4.HI/c1-2-23-22(25-10-9-24-20(29)17-3-5-19(28)6-4-17)27-11-7-18(8-12-27)21(30)26-13-15-31-16-14-26;/h3-6,18,28H,2,7-16H2,1H3,(H,23,25)(H,24,29);1H. The molecule has 1 aromatic rings. The molecule has 2 fully saturated rings. The van der Waals surface area contributed by atoms with Gasteiger partial charge in [-0.1, -0.05) is 0 Å². The second-order valence-electron chi connectivity index (χ2n) is 7.74. The van der Waals surface area contributed by atoms with E-state index in [0.717, 1.165) is 38.4 Å². The van der Waals surface area contributed by atoms with Crippen LogP contribution in [0.3, 0.4) is 0 Å². The Balaban J connectivity index is 0.00000363. The highest BCUT2D eigenvalue weighted by Gasteiger charge is 2.30. The molecule has 3 N–H and O–H groups in total. The van der Waals surface area contributed by atoms with Crippen molar-refractivity contribution in [2.45, 2.75) is 19.8 Å². The second kappa shape index (κ2) is 13.5. The van der Waals surface area contributed by atoms with E-state index in [-0.39, 0.29) is 47.5 Å². The zero-order valence-corrected chi connectivity index (χ0v) is 20.9. The molecule has 0 radical (unpaired) electrons. The highest BCUT2D eigenvalue weighted by atomic mass is 127. The summed E-state index contributed by atoms with van der Waals surface area (Å²) in [6.45, 7) is 7.87. The van der Waals surface area contributed by atoms with E-state index in [4.69, 9.17) is 4.74 Å². The van der Waals surface area contributed by atoms with Crippen LogP contribution < -0.4 is 10.6 Å². The number of hydrogen-bond acceptors (Lipinski definition) is 5. The number of piperidine rings is 1. The Morgan fingerprint density at radius 3 is 2.34 bits per heavy atom. The van der Waals surface area contributed by atoms with Crippen molar-refractivity contribution in [1.82, 2.24) is 20.4 Å². The first-order chi connectivity index (χ1) is 15.1. The van der Waals surface area contributed by atoms with Gasteiger partial charge in [-0.05, 0) is 44.0 Å². The van der Waals surface area contributed by atoms with E-state index in [2.05, 4.69) is 20.5 Å². The number of aliphatic imine (C=N–C) groups is 1. The van der Waals surface area contributed by atoms with Gasteiger partial charge in [-0.2, -0.15) is 0 Å². The quantitative estimate of drug-likeness (QED) is 0.210. The molecule has 3 rings (SSSR count). The number of nitrogens with zero attached hydrogens (tertiary/aromatic N) is 3. The number of ether oxygens (including phenoxy) is 1. The van der Waals surface area contributed by atoms with Crippen molar-refractivity contribution in [3.8, 4) is 5.75 Å². The Hall–Kier alpha value is -2.08. The molecule has 0 unspecified atom stereocenters. The van der Waals surface area contributed by atoms with Gasteiger partial charge in [-0.25, -0.2) is 0 Å². The molecule has 2 aliphatic heterocycles. The molecule has 0 aromatic heterocycles. The highest BCUT2D eigenvalue weighted by molar-refractivity contribution is 14.0. The number of carbonyl (C=O) groups excluding carboxylic acids is 2. The van der Waals surface area contributed by atoms with Crippen molar-refractivity contribution in [2.75, 3.05) is 59.0 Å². The second-order valence-corrected chi connectivity index (χ2v) is 7.74. The number of halogens is 1. The summed E-state index contributed by atoms with van der Waals surface area (Å²) in [6, 6.07) is 6.15. The fourth-order valence-electron chi connectivity index (χ4n) is 3.85. The summed E-state index contributed by atoms with van der Waals surface area (Å²) >= 11 is 0. The van der Waals surface area contributed by atoms with Crippen LogP contribution in [-0.2, 0) is 9.53 Å². The zero-order chi connectivity index (χ0) is 22.1. The maximum Gasteiger partial charge on any atom is 0.251 e. The van der Waals surface area contributed by atoms with Crippen LogP contribution in [-0.4, -0.2) is 91.7 Å². The molecular weight excluding hydrogens is 525 g/mol. The van der Waals surface area contributed by atoms with Gasteiger partial charge in [-0.3, -0.25) is 14.6 Å². The Labute approximate surface area is 206 Å². The number of phenolic OH excluding ortho intramolecular Hbond substituents is 1. The minimum absolute atomic E-state index is 0. The predicted octanol–water partition coefficient (Wildman–Crippen LogP) is 1.28. The molecule has 10 heteroatoms. The largest absolute Gasteiger partial charge is 0.508 e. The van der Waals surface area contributed by atoms with Crippen LogP contribution in [0.2, 0.25) is 0 Å². The van der Waals surface area contributed by atoms with E-state index in [9.17, 15) is 14.7 Å². The number of guanidine groups is 1. The molecule has 0 saturated carbocycles. The van der Waals surface area contributed by atoms with Gasteiger partial charge in [0.25, 0.3) is 5.91 Å². The van der Waals surface area contributed by atoms with E-state index in [1.807, 2.05) is 11.8 Å². The van der Waals surface area contributed by atoms with Gasteiger partial charge in [0.05, 0.1) is 19.8 Å². The Kier molecular flexibility index (Phi) is 11.0. The van der Waals surface area contributed by atoms with Gasteiger partial charge < -0.3 is 30.3 Å². The molecule has 1 aromatic carbocycles. The molecule has 0 atom stereocenters. The van der Waals surface area contributed by atoms with E-state index in [1.165, 1.54) is 12.1 Å². The third-order valence-electron chi connectivity index (χ3n) is 5.59. The minimum atomic E-state index is -0.192. The number of nitrogens with one attached hydrogen (secondary N) is 2. The third-order valence-corrected chi connectivity index (χ3v) is 5.59. The zero-order valence-electron chi connectivity index (χ0n) is 18.6. The fraction of sp³-hybridized carbons (Fsp3) is 0.591. The molecule has 2 amide bonds. The molecule has 178 valence electrons. The van der Waals surface area contributed by atoms with Crippen LogP contribution in [0.15, 0.2) is 29.3 Å². The normalized spacial score (nSPS) is 17.5. The van der Waals surface area contributed by atoms with Crippen molar-refractivity contribution < 1.29 is 19.4 Å². The summed E-state index contributed by atoms with van der Waals surface area (Å²) < 4.78 is 5.34. The summed E-state index contributed by atoms with van der Waals surface area (Å²) in [5.74, 6) is 1.08. The monoisotopic (exact) mass is 559 g/mol. The van der Waals surface area contributed by atoms with Gasteiger partial charge in [0, 0.05) is 50.7 Å². The molecular formula is C22H34IN5O4. The molecule has 32 heavy (non-hydrogen) atoms. The number of hydrogen-bond donors (Lipinski definition) is 3. The van der Waals surface area contributed by atoms with Gasteiger partial charge in [0.15, 0.2) is 5.96 Å². The third kappa shape index (κ3) is 7.51. The predicted molar refractivity (Wildman–Crippen MR) is 134 cm³/mol. The molecule has 9 nitrogen and oxygen atoms in total. The number of phenols is 1. The van der Waals surface area contributed by atoms with Crippen LogP contribution in [0.25, 0.3) is 0 Å². The maximum atomic E-state index is 12.7. The van der Waals surface area contributed by atoms with Crippen LogP contribution >= 0.6 is 24.0 Å². The van der Waals surface area contributed by atoms with Crippen molar-refractivity contribution >= 4 is 41.8 Å². The summed E-state index contributed by atoms with van der Waals surface area (Å²) in [5.41, 5.74) is 0.501. The Bertz CT molecular complexity index is 760. The van der Waals surface area contributed by atoms with Crippen molar-refractivity contribution in [1.29, 1.82) is 0 Å². The number of benzene rings is 1. The summed E-state index contributed by atoms with van der Waals surface area (Å²) in [7, 11) is 0. The number of morpholine rings is 1. The molecule has 2 saturated heterocycles. The lowest BCUT2D eigenvalue weighted by molar-refractivity contribution is -0.140. The van der Waals surface area contributed by atoms with Crippen molar-refractivity contribution in [3.63, 3.8) is 0 Å². The lowest BCUT2D eigenvalue weighted by Crippen LogP contribution is -2.50. The number of aromatic hydroxyl groups is 1. The average molecular weight is 559 g/mol. The highest BCUT2D eigenvalue weighted by Crippen LogP contribution is 2.20. The molecule has 0 aliphatic carbocycles. The van der Waals surface area contributed by atoms with Crippen molar-refractivity contribution in [2.24, 2.45) is 10.9 Å². The minimum Gasteiger partial charge on any atom is -0.508 e. The van der Waals surface area contributed by atoms with E-state index in [1.54, 1.807) is 12.1 Å². The van der Waals surface area contributed by atoms with Crippen LogP contribution in [0.4, 0.5) is 0 Å². The SMILES string of the molecule is CCNC(=NCCNC(=O)c1ccc(O)cc1)N1CCC(C(=O)N2CCOCC2)CC1.I. The smallest absolute Gasteiger partial charge is 0.251 e. The number of carbonyl (C=O) groups is 2. The number of likely N-dealkylation sites (tertiary alicyclic amines) is 1. The lowest BCUT2D eigenvalue weighted by atomic mass is 9.95. The first kappa shape index (κ1) is 26.2. The molecule has 0 spiro atoms. The van der Waals surface area contributed by atoms with Gasteiger partial charge >= 0.3 is 0 Å². The first-order valence-electron chi connectivity index (χ1n) is 11.1. The van der Waals surface area contributed by atoms with Gasteiger partial charge in [0.1, 0.15) is 5.75 Å². The Morgan fingerprint density at radius 1 is 1.06 bits per heavy atom. The fourth-order valence-corrected chi connectivity index (χ4v) is 3.85. The molecule has 2 aliphatic rings. The van der Waals surface area contributed by atoms with E-state index >= 15 is 0 Å². The van der Waals surface area contributed by atoms with Crippen molar-refractivity contribution in [3.05, 3.63) is 29.8 Å². The van der Waals surface area contributed by atoms with Gasteiger partial charge in [-0.15, -0.1) is 24.0 Å². The Morgan fingerprint density at radius 2 is 1.72 bits per heavy atom. The number of rotatable bonds is 6. The number of amides is 2. The van der Waals surface area contributed by atoms with Crippen LogP contribution in [0, 0.1) is 5.92 Å². The summed E-state index contributed by atoms with van der Waals surface area (Å²) in [5, 5.41) is 15.5. The average Bonchev–Trinajstić information content (AvgIpc) is 2.81. The van der Waals surface area contributed by atoms with Crippen LogP contribution in [0.1, 0.15) is 30.1 Å². The molecule has 2 heterocycles. The summed E-state index contributed by atoms with van der Waals surface area (Å²) in [6.07, 6.45) is 1.64. The van der Waals surface area contributed by atoms with E-state index in [0.29, 0.717) is 45.0 Å². The van der Waals surface area contributed by atoms with Gasteiger partial charge in [0.2, 0.25) is 5.91 Å². The topological polar surface area (TPSA) is 106 Å². The molecule has 0 bridgehead atoms. The maximum absolute atomic E-state index is 12.7. The first-order valence-corrected chi connectivity index (χ1v) is 11.1. The lowest BCUT2D eigenvalue weighted by Gasteiger charge is -2.36. The summed E-state index contributed by atoms with van der Waals surface area (Å²) in [4.78, 5) is 33.6. The van der Waals surface area contributed by atoms with E-state index < -0.39 is 0 Å².